The second-order valence-electron chi connectivity index (χ2n) is 6.80. The molecule has 2 aromatic carbocycles. The molecule has 0 unspecified atom stereocenters. The van der Waals surface area contributed by atoms with Crippen LogP contribution in [0, 0.1) is 0 Å². The van der Waals surface area contributed by atoms with E-state index in [-0.39, 0.29) is 17.6 Å². The normalized spacial score (nSPS) is 16.8. The Labute approximate surface area is 152 Å². The molecule has 2 aliphatic rings. The molecule has 2 amide bonds. The number of Topliss-reactive ketones (excluding diaryl/α,β-unsaturated/α-hetero) is 1. The van der Waals surface area contributed by atoms with Crippen molar-refractivity contribution in [1.82, 2.24) is 0 Å². The molecule has 0 atom stereocenters. The molecule has 2 heterocycles. The quantitative estimate of drug-likeness (QED) is 0.627. The van der Waals surface area contributed by atoms with Crippen molar-refractivity contribution < 1.29 is 14.4 Å². The lowest BCUT2D eigenvalue weighted by atomic mass is 10.0. The number of hydrogen-bond acceptors (Lipinski definition) is 4. The fourth-order valence-corrected chi connectivity index (χ4v) is 3.76. The minimum Gasteiger partial charge on any atom is -0.372 e. The molecule has 0 bridgehead atoms. The van der Waals surface area contributed by atoms with E-state index in [2.05, 4.69) is 4.90 Å². The summed E-state index contributed by atoms with van der Waals surface area (Å²) in [6.07, 6.45) is 3.49. The molecule has 1 fully saturated rings. The van der Waals surface area contributed by atoms with Crippen molar-refractivity contribution in [2.45, 2.75) is 26.2 Å². The van der Waals surface area contributed by atoms with Crippen LogP contribution in [0.4, 0.5) is 11.4 Å². The molecule has 0 spiro atoms. The van der Waals surface area contributed by atoms with Crippen LogP contribution in [0.5, 0.6) is 0 Å². The van der Waals surface area contributed by atoms with Crippen LogP contribution in [0.25, 0.3) is 0 Å². The summed E-state index contributed by atoms with van der Waals surface area (Å²) in [4.78, 5) is 41.2. The van der Waals surface area contributed by atoms with Gasteiger partial charge in [-0.3, -0.25) is 14.4 Å². The lowest BCUT2D eigenvalue weighted by Gasteiger charge is -2.30. The van der Waals surface area contributed by atoms with Crippen LogP contribution in [-0.4, -0.2) is 30.7 Å². The first-order valence-electron chi connectivity index (χ1n) is 8.95. The monoisotopic (exact) mass is 348 g/mol. The zero-order chi connectivity index (χ0) is 18.3. The molecule has 5 nitrogen and oxygen atoms in total. The minimum atomic E-state index is -0.376. The second-order valence-corrected chi connectivity index (χ2v) is 6.80. The molecule has 4 rings (SSSR count). The third-order valence-electron chi connectivity index (χ3n) is 5.12. The first kappa shape index (κ1) is 16.5. The van der Waals surface area contributed by atoms with Gasteiger partial charge in [-0.25, -0.2) is 4.90 Å². The molecular weight excluding hydrogens is 328 g/mol. The third kappa shape index (κ3) is 2.60. The Morgan fingerprint density at radius 1 is 0.885 bits per heavy atom. The molecule has 0 aromatic heterocycles. The van der Waals surface area contributed by atoms with Gasteiger partial charge in [0.25, 0.3) is 11.8 Å². The van der Waals surface area contributed by atoms with Crippen molar-refractivity contribution in [2.75, 3.05) is 22.9 Å². The number of carbonyl (C=O) groups excluding carboxylic acids is 3. The Kier molecular flexibility index (Phi) is 4.07. The number of carbonyl (C=O) groups is 3. The van der Waals surface area contributed by atoms with Gasteiger partial charge in [-0.05, 0) is 56.5 Å². The van der Waals surface area contributed by atoms with Gasteiger partial charge in [-0.15, -0.1) is 0 Å². The fraction of sp³-hybridized carbons (Fsp3) is 0.286. The summed E-state index contributed by atoms with van der Waals surface area (Å²) in [5.41, 5.74) is 2.50. The van der Waals surface area contributed by atoms with Crippen LogP contribution in [0.15, 0.2) is 42.5 Å². The van der Waals surface area contributed by atoms with Gasteiger partial charge in [0.15, 0.2) is 5.78 Å². The molecule has 0 aliphatic carbocycles. The van der Waals surface area contributed by atoms with Gasteiger partial charge in [0.05, 0.1) is 16.8 Å². The van der Waals surface area contributed by atoms with E-state index in [1.807, 2.05) is 12.1 Å². The molecular formula is C21H20N2O3. The van der Waals surface area contributed by atoms with Gasteiger partial charge in [0.2, 0.25) is 0 Å². The summed E-state index contributed by atoms with van der Waals surface area (Å²) in [6.45, 7) is 3.39. The van der Waals surface area contributed by atoms with Gasteiger partial charge in [0.1, 0.15) is 0 Å². The van der Waals surface area contributed by atoms with Crippen molar-refractivity contribution in [3.63, 3.8) is 0 Å². The number of anilines is 2. The van der Waals surface area contributed by atoms with E-state index in [0.717, 1.165) is 36.5 Å². The van der Waals surface area contributed by atoms with E-state index in [9.17, 15) is 14.4 Å². The van der Waals surface area contributed by atoms with Crippen LogP contribution in [0.2, 0.25) is 0 Å². The van der Waals surface area contributed by atoms with Crippen LogP contribution in [0.1, 0.15) is 57.3 Å². The van der Waals surface area contributed by atoms with Gasteiger partial charge in [-0.2, -0.15) is 0 Å². The maximum Gasteiger partial charge on any atom is 0.266 e. The zero-order valence-corrected chi connectivity index (χ0v) is 14.7. The van der Waals surface area contributed by atoms with E-state index in [0.29, 0.717) is 22.4 Å². The van der Waals surface area contributed by atoms with Crippen molar-refractivity contribution in [3.8, 4) is 0 Å². The largest absolute Gasteiger partial charge is 0.372 e. The first-order valence-corrected chi connectivity index (χ1v) is 8.95. The lowest BCUT2D eigenvalue weighted by molar-refractivity contribution is 0.0926. The van der Waals surface area contributed by atoms with Crippen molar-refractivity contribution in [2.24, 2.45) is 0 Å². The molecule has 26 heavy (non-hydrogen) atoms. The highest BCUT2D eigenvalue weighted by Gasteiger charge is 2.37. The van der Waals surface area contributed by atoms with Gasteiger partial charge < -0.3 is 4.90 Å². The maximum atomic E-state index is 12.8. The van der Waals surface area contributed by atoms with Crippen LogP contribution in [-0.2, 0) is 0 Å². The molecule has 132 valence electrons. The predicted molar refractivity (Wildman–Crippen MR) is 100 cm³/mol. The van der Waals surface area contributed by atoms with Crippen molar-refractivity contribution in [3.05, 3.63) is 59.2 Å². The Morgan fingerprint density at radius 2 is 1.50 bits per heavy atom. The lowest BCUT2D eigenvalue weighted by Crippen LogP contribution is -2.32. The van der Waals surface area contributed by atoms with E-state index >= 15 is 0 Å². The number of benzene rings is 2. The molecule has 2 aromatic rings. The van der Waals surface area contributed by atoms with Crippen LogP contribution >= 0.6 is 0 Å². The van der Waals surface area contributed by atoms with Gasteiger partial charge in [0, 0.05) is 24.3 Å². The summed E-state index contributed by atoms with van der Waals surface area (Å²) in [5.74, 6) is -0.909. The summed E-state index contributed by atoms with van der Waals surface area (Å²) in [5, 5.41) is 0. The second kappa shape index (κ2) is 6.41. The van der Waals surface area contributed by atoms with Crippen LogP contribution in [0.3, 0.4) is 0 Å². The predicted octanol–water partition coefficient (Wildman–Crippen LogP) is 3.68. The van der Waals surface area contributed by atoms with Gasteiger partial charge in [-0.1, -0.05) is 12.1 Å². The number of fused-ring (bicyclic) bond motifs is 1. The van der Waals surface area contributed by atoms with E-state index in [4.69, 9.17) is 0 Å². The van der Waals surface area contributed by atoms with Crippen molar-refractivity contribution in [1.29, 1.82) is 0 Å². The number of ketones is 1. The molecule has 1 saturated heterocycles. The SMILES string of the molecule is CC(=O)c1cc(N2CCCCC2)ccc1N1C(=O)c2ccccc2C1=O. The van der Waals surface area contributed by atoms with E-state index < -0.39 is 0 Å². The summed E-state index contributed by atoms with van der Waals surface area (Å²) in [6, 6.07) is 12.2. The van der Waals surface area contributed by atoms with Crippen LogP contribution < -0.4 is 9.80 Å². The topological polar surface area (TPSA) is 57.7 Å². The number of imide groups is 1. The highest BCUT2D eigenvalue weighted by molar-refractivity contribution is 6.35. The third-order valence-corrected chi connectivity index (χ3v) is 5.12. The van der Waals surface area contributed by atoms with Crippen molar-refractivity contribution >= 4 is 29.0 Å². The summed E-state index contributed by atoms with van der Waals surface area (Å²) >= 11 is 0. The molecule has 0 radical (unpaired) electrons. The highest BCUT2D eigenvalue weighted by atomic mass is 16.2. The standard InChI is InChI=1S/C21H20N2O3/c1-14(24)18-13-15(22-11-5-2-6-12-22)9-10-19(18)23-20(25)16-7-3-4-8-17(16)21(23)26/h3-4,7-10,13H,2,5-6,11-12H2,1H3. The molecule has 0 saturated carbocycles. The average Bonchev–Trinajstić information content (AvgIpc) is 2.93. The molecule has 2 aliphatic heterocycles. The Bertz CT molecular complexity index is 878. The summed E-state index contributed by atoms with van der Waals surface area (Å²) in [7, 11) is 0. The number of rotatable bonds is 3. The molecule has 0 N–H and O–H groups in total. The number of piperidine rings is 1. The van der Waals surface area contributed by atoms with Gasteiger partial charge >= 0.3 is 0 Å². The maximum absolute atomic E-state index is 12.8. The van der Waals surface area contributed by atoms with E-state index in [1.165, 1.54) is 13.3 Å². The number of amides is 2. The average molecular weight is 348 g/mol. The molecule has 5 heteroatoms. The fourth-order valence-electron chi connectivity index (χ4n) is 3.76. The smallest absolute Gasteiger partial charge is 0.266 e. The number of hydrogen-bond donors (Lipinski definition) is 0. The number of nitrogens with zero attached hydrogens (tertiary/aromatic N) is 2. The van der Waals surface area contributed by atoms with E-state index in [1.54, 1.807) is 30.3 Å². The first-order chi connectivity index (χ1) is 12.6. The highest BCUT2D eigenvalue weighted by Crippen LogP contribution is 2.33. The minimum absolute atomic E-state index is 0.157. The summed E-state index contributed by atoms with van der Waals surface area (Å²) < 4.78 is 0. The Balaban J connectivity index is 1.76. The zero-order valence-electron chi connectivity index (χ0n) is 14.7. The Hall–Kier alpha value is -2.95. The Morgan fingerprint density at radius 3 is 2.08 bits per heavy atom.